The number of allylic oxidation sites excluding steroid dienone is 1. The molecule has 2 heterocycles. The summed E-state index contributed by atoms with van der Waals surface area (Å²) in [5.74, 6) is 0.223. The van der Waals surface area contributed by atoms with E-state index in [4.69, 9.17) is 14.2 Å². The topological polar surface area (TPSA) is 117 Å². The van der Waals surface area contributed by atoms with Gasteiger partial charge >= 0.3 is 5.97 Å². The second kappa shape index (κ2) is 6.82. The van der Waals surface area contributed by atoms with E-state index in [2.05, 4.69) is 20.8 Å². The Bertz CT molecular complexity index is 904. The lowest BCUT2D eigenvalue weighted by Gasteiger charge is -2.28. The quantitative estimate of drug-likeness (QED) is 0.770. The van der Waals surface area contributed by atoms with Crippen molar-refractivity contribution in [2.75, 3.05) is 26.6 Å². The van der Waals surface area contributed by atoms with E-state index in [-0.39, 0.29) is 23.0 Å². The number of esters is 1. The van der Waals surface area contributed by atoms with Crippen LogP contribution in [0.3, 0.4) is 0 Å². The Balaban J connectivity index is 2.28. The van der Waals surface area contributed by atoms with E-state index in [1.54, 1.807) is 18.2 Å². The number of aromatic nitrogens is 4. The smallest absolute Gasteiger partial charge is 0.355 e. The van der Waals surface area contributed by atoms with Crippen molar-refractivity contribution in [1.82, 2.24) is 20.2 Å². The van der Waals surface area contributed by atoms with Gasteiger partial charge in [0.05, 0.1) is 26.9 Å². The molecule has 0 radical (unpaired) electrons. The molecule has 1 aliphatic rings. The third-order valence-electron chi connectivity index (χ3n) is 4.02. The minimum Gasteiger partial charge on any atom is -0.497 e. The number of hydrogen-bond acceptors (Lipinski definition) is 9. The van der Waals surface area contributed by atoms with Gasteiger partial charge in [-0.2, -0.15) is 4.68 Å². The van der Waals surface area contributed by atoms with E-state index in [1.165, 1.54) is 32.9 Å². The zero-order valence-corrected chi connectivity index (χ0v) is 14.6. The average molecular weight is 359 g/mol. The molecule has 2 aromatic rings. The fraction of sp³-hybridized carbons (Fsp3) is 0.312. The molecule has 0 bridgehead atoms. The standard InChI is InChI=1S/C16H17N5O5/c1-8(22)12-13(15(23)26-4)17-16-18-19-20-21(16)14(12)10-6-5-9(24-2)7-11(10)25-3/h5-7,14H,1-4H3,(H,17,18,20). The summed E-state index contributed by atoms with van der Waals surface area (Å²) in [6, 6.07) is 4.36. The number of carbonyl (C=O) groups is 2. The summed E-state index contributed by atoms with van der Waals surface area (Å²) in [6.07, 6.45) is 0. The van der Waals surface area contributed by atoms with Crippen molar-refractivity contribution < 1.29 is 23.8 Å². The molecule has 1 N–H and O–H groups in total. The second-order valence-corrected chi connectivity index (χ2v) is 5.42. The number of nitrogens with zero attached hydrogens (tertiary/aromatic N) is 4. The summed E-state index contributed by atoms with van der Waals surface area (Å²) in [5, 5.41) is 14.2. The number of ether oxygens (including phenoxy) is 3. The molecule has 10 heteroatoms. The summed E-state index contributed by atoms with van der Waals surface area (Å²) in [6.45, 7) is 1.36. The highest BCUT2D eigenvalue weighted by Gasteiger charge is 2.38. The molecule has 1 aliphatic heterocycles. The Labute approximate surface area is 148 Å². The number of fused-ring (bicyclic) bond motifs is 1. The maximum absolute atomic E-state index is 12.4. The van der Waals surface area contributed by atoms with E-state index in [0.717, 1.165) is 0 Å². The number of tetrazole rings is 1. The molecule has 0 spiro atoms. The van der Waals surface area contributed by atoms with Crippen molar-refractivity contribution in [3.63, 3.8) is 0 Å². The van der Waals surface area contributed by atoms with Crippen LogP contribution < -0.4 is 14.8 Å². The van der Waals surface area contributed by atoms with E-state index in [1.807, 2.05) is 0 Å². The van der Waals surface area contributed by atoms with Crippen LogP contribution in [0, 0.1) is 0 Å². The fourth-order valence-corrected chi connectivity index (χ4v) is 2.85. The fourth-order valence-electron chi connectivity index (χ4n) is 2.85. The van der Waals surface area contributed by atoms with Gasteiger partial charge in [0.2, 0.25) is 5.95 Å². The summed E-state index contributed by atoms with van der Waals surface area (Å²) in [7, 11) is 4.27. The van der Waals surface area contributed by atoms with E-state index < -0.39 is 12.0 Å². The summed E-state index contributed by atoms with van der Waals surface area (Å²) < 4.78 is 16.9. The van der Waals surface area contributed by atoms with Crippen molar-refractivity contribution in [2.45, 2.75) is 13.0 Å². The van der Waals surface area contributed by atoms with Crippen LogP contribution in [0.2, 0.25) is 0 Å². The van der Waals surface area contributed by atoms with Crippen LogP contribution in [0.1, 0.15) is 18.5 Å². The highest BCUT2D eigenvalue weighted by Crippen LogP contribution is 2.40. The lowest BCUT2D eigenvalue weighted by molar-refractivity contribution is -0.136. The number of methoxy groups -OCH3 is 3. The number of ketones is 1. The SMILES string of the molecule is COC(=O)C1=C(C(C)=O)C(c2ccc(OC)cc2OC)n2nnnc2N1. The molecule has 0 amide bonds. The van der Waals surface area contributed by atoms with Crippen LogP contribution in [-0.4, -0.2) is 53.3 Å². The molecular formula is C16H17N5O5. The van der Waals surface area contributed by atoms with Gasteiger partial charge in [-0.05, 0) is 29.5 Å². The first-order valence-corrected chi connectivity index (χ1v) is 7.62. The first-order valence-electron chi connectivity index (χ1n) is 7.62. The molecule has 1 aromatic heterocycles. The zero-order chi connectivity index (χ0) is 18.8. The van der Waals surface area contributed by atoms with Gasteiger partial charge in [-0.25, -0.2) is 4.79 Å². The van der Waals surface area contributed by atoms with Crippen LogP contribution >= 0.6 is 0 Å². The van der Waals surface area contributed by atoms with Crippen LogP contribution in [0.25, 0.3) is 0 Å². The highest BCUT2D eigenvalue weighted by molar-refractivity contribution is 6.06. The lowest BCUT2D eigenvalue weighted by Crippen LogP contribution is -2.32. The number of Topliss-reactive ketones (excluding diaryl/α,β-unsaturated/α-hetero) is 1. The molecule has 1 aromatic carbocycles. The monoisotopic (exact) mass is 359 g/mol. The van der Waals surface area contributed by atoms with Gasteiger partial charge in [0.1, 0.15) is 23.2 Å². The number of hydrogen-bond donors (Lipinski definition) is 1. The third-order valence-corrected chi connectivity index (χ3v) is 4.02. The van der Waals surface area contributed by atoms with Gasteiger partial charge in [0.15, 0.2) is 5.78 Å². The molecule has 0 aliphatic carbocycles. The normalized spacial score (nSPS) is 15.8. The van der Waals surface area contributed by atoms with Crippen molar-refractivity contribution in [2.24, 2.45) is 0 Å². The van der Waals surface area contributed by atoms with Crippen LogP contribution in [0.4, 0.5) is 5.95 Å². The first kappa shape index (κ1) is 17.4. The summed E-state index contributed by atoms with van der Waals surface area (Å²) >= 11 is 0. The van der Waals surface area contributed by atoms with Crippen molar-refractivity contribution in [1.29, 1.82) is 0 Å². The Kier molecular flexibility index (Phi) is 4.57. The van der Waals surface area contributed by atoms with Crippen molar-refractivity contribution >= 4 is 17.7 Å². The Hall–Kier alpha value is -3.43. The molecule has 10 nitrogen and oxygen atoms in total. The predicted octanol–water partition coefficient (Wildman–Crippen LogP) is 0.721. The van der Waals surface area contributed by atoms with Crippen molar-refractivity contribution in [3.05, 3.63) is 35.0 Å². The largest absolute Gasteiger partial charge is 0.497 e. The number of benzene rings is 1. The molecule has 0 saturated carbocycles. The van der Waals surface area contributed by atoms with Crippen LogP contribution in [0.15, 0.2) is 29.5 Å². The first-order chi connectivity index (χ1) is 12.5. The maximum atomic E-state index is 12.4. The third kappa shape index (κ3) is 2.75. The molecular weight excluding hydrogens is 342 g/mol. The molecule has 3 rings (SSSR count). The minimum atomic E-state index is -0.770. The van der Waals surface area contributed by atoms with E-state index in [0.29, 0.717) is 17.1 Å². The summed E-state index contributed by atoms with van der Waals surface area (Å²) in [5.41, 5.74) is 0.750. The zero-order valence-electron chi connectivity index (χ0n) is 14.6. The van der Waals surface area contributed by atoms with Crippen LogP contribution in [0.5, 0.6) is 11.5 Å². The predicted molar refractivity (Wildman–Crippen MR) is 88.8 cm³/mol. The maximum Gasteiger partial charge on any atom is 0.355 e. The van der Waals surface area contributed by atoms with Crippen molar-refractivity contribution in [3.8, 4) is 11.5 Å². The van der Waals surface area contributed by atoms with E-state index in [9.17, 15) is 9.59 Å². The Morgan fingerprint density at radius 2 is 1.96 bits per heavy atom. The van der Waals surface area contributed by atoms with Crippen LogP contribution in [-0.2, 0) is 14.3 Å². The molecule has 26 heavy (non-hydrogen) atoms. The Morgan fingerprint density at radius 3 is 2.58 bits per heavy atom. The molecule has 1 atom stereocenters. The molecule has 136 valence electrons. The molecule has 0 fully saturated rings. The van der Waals surface area contributed by atoms with Gasteiger partial charge in [-0.1, -0.05) is 5.10 Å². The number of nitrogens with one attached hydrogen (secondary N) is 1. The van der Waals surface area contributed by atoms with Gasteiger partial charge in [0, 0.05) is 11.6 Å². The number of carbonyl (C=O) groups excluding carboxylic acids is 2. The minimum absolute atomic E-state index is 0.00910. The van der Waals surface area contributed by atoms with Gasteiger partial charge in [-0.3, -0.25) is 4.79 Å². The summed E-state index contributed by atoms with van der Waals surface area (Å²) in [4.78, 5) is 24.6. The average Bonchev–Trinajstić information content (AvgIpc) is 3.13. The molecule has 0 saturated heterocycles. The van der Waals surface area contributed by atoms with Gasteiger partial charge in [-0.15, -0.1) is 0 Å². The van der Waals surface area contributed by atoms with Gasteiger partial charge in [0.25, 0.3) is 0 Å². The van der Waals surface area contributed by atoms with E-state index >= 15 is 0 Å². The molecule has 1 unspecified atom stereocenters. The number of anilines is 1. The second-order valence-electron chi connectivity index (χ2n) is 5.42. The van der Waals surface area contributed by atoms with Gasteiger partial charge < -0.3 is 19.5 Å². The highest BCUT2D eigenvalue weighted by atomic mass is 16.5. The lowest BCUT2D eigenvalue weighted by atomic mass is 9.92. The number of rotatable bonds is 5. The Morgan fingerprint density at radius 1 is 1.19 bits per heavy atom.